The molecule has 4 aromatic rings. The number of carbonyl (C=O) groups is 2. The quantitative estimate of drug-likeness (QED) is 0.209. The van der Waals surface area contributed by atoms with E-state index in [0.29, 0.717) is 35.5 Å². The summed E-state index contributed by atoms with van der Waals surface area (Å²) in [5.41, 5.74) is 4.90. The summed E-state index contributed by atoms with van der Waals surface area (Å²) in [4.78, 5) is 29.8. The van der Waals surface area contributed by atoms with Gasteiger partial charge in [-0.05, 0) is 41.3 Å². The fourth-order valence-corrected chi connectivity index (χ4v) is 5.39. The molecule has 13 heteroatoms. The second-order valence-electron chi connectivity index (χ2n) is 9.21. The Labute approximate surface area is 236 Å². The molecular formula is C28H26F3N3O6S. The summed E-state index contributed by atoms with van der Waals surface area (Å²) in [6, 6.07) is 18.5. The fourth-order valence-electron chi connectivity index (χ4n) is 4.49. The molecule has 0 aliphatic carbocycles. The summed E-state index contributed by atoms with van der Waals surface area (Å²) in [5.74, 6) is -3.47. The summed E-state index contributed by atoms with van der Waals surface area (Å²) in [6.45, 7) is 3.00. The normalized spacial score (nSPS) is 14.4. The third-order valence-electron chi connectivity index (χ3n) is 6.45. The number of aromatic nitrogens is 2. The molecule has 0 bridgehead atoms. The summed E-state index contributed by atoms with van der Waals surface area (Å²) < 4.78 is 31.7. The van der Waals surface area contributed by atoms with Crippen molar-refractivity contribution in [2.75, 3.05) is 24.6 Å². The molecule has 3 aromatic carbocycles. The number of imidazole rings is 1. The van der Waals surface area contributed by atoms with E-state index in [-0.39, 0.29) is 5.56 Å². The molecule has 1 saturated heterocycles. The average molecular weight is 590 g/mol. The van der Waals surface area contributed by atoms with Crippen molar-refractivity contribution < 1.29 is 43.2 Å². The van der Waals surface area contributed by atoms with Gasteiger partial charge >= 0.3 is 18.1 Å². The molecular weight excluding hydrogens is 563 g/mol. The summed E-state index contributed by atoms with van der Waals surface area (Å²) in [7, 11) is 0. The number of hydrogen-bond donors (Lipinski definition) is 5. The number of carboxylic acid groups (broad SMARTS) is 2. The maximum Gasteiger partial charge on any atom is 0.490 e. The van der Waals surface area contributed by atoms with Gasteiger partial charge in [0.1, 0.15) is 11.3 Å². The van der Waals surface area contributed by atoms with E-state index in [4.69, 9.17) is 9.90 Å². The summed E-state index contributed by atoms with van der Waals surface area (Å²) >= 11 is 1.81. The Morgan fingerprint density at radius 2 is 1.51 bits per heavy atom. The Morgan fingerprint density at radius 3 is 2.10 bits per heavy atom. The number of halogens is 3. The molecule has 0 atom stereocenters. The molecule has 0 radical (unpaired) electrons. The number of rotatable bonds is 5. The van der Waals surface area contributed by atoms with Gasteiger partial charge in [0.15, 0.2) is 0 Å². The molecule has 1 aliphatic heterocycles. The van der Waals surface area contributed by atoms with Crippen LogP contribution < -0.4 is 0 Å². The van der Waals surface area contributed by atoms with Crippen LogP contribution in [-0.2, 0) is 10.7 Å². The number of alkyl halides is 3. The first-order valence-corrected chi connectivity index (χ1v) is 13.5. The standard InChI is InChI=1S/C26H25N3O4S.C2HF3O2/c1-16-27-23-15-19(14-21(25(30)31)24(23)28-16)17-6-8-18(9-7-17)20-4-2-3-5-22(20)26(32,33)29-10-12-34-13-11-29;3-2(4,5)1(6)7/h2-9,14-15,32-33H,10-13H2,1H3,(H,27,28)(H,30,31);(H,6,7). The third-order valence-corrected chi connectivity index (χ3v) is 7.39. The zero-order chi connectivity index (χ0) is 29.9. The molecule has 0 amide bonds. The Balaban J connectivity index is 0.000000493. The second kappa shape index (κ2) is 11.9. The fraction of sp³-hybridized carbons (Fsp3) is 0.250. The SMILES string of the molecule is Cc1nc2c(C(=O)O)cc(-c3ccc(-c4ccccc4C(O)(O)N4CCSCC4)cc3)cc2[nH]1.O=C(O)C(F)(F)F. The molecule has 0 spiro atoms. The van der Waals surface area contributed by atoms with E-state index in [1.54, 1.807) is 24.0 Å². The van der Waals surface area contributed by atoms with Crippen molar-refractivity contribution in [3.63, 3.8) is 0 Å². The number of carboxylic acids is 2. The van der Waals surface area contributed by atoms with Crippen LogP contribution in [0.4, 0.5) is 13.2 Å². The molecule has 1 fully saturated rings. The van der Waals surface area contributed by atoms with E-state index in [1.807, 2.05) is 60.3 Å². The summed E-state index contributed by atoms with van der Waals surface area (Å²) in [6.07, 6.45) is -5.08. The molecule has 5 rings (SSSR count). The minimum Gasteiger partial charge on any atom is -0.478 e. The maximum absolute atomic E-state index is 11.8. The van der Waals surface area contributed by atoms with Crippen molar-refractivity contribution in [1.82, 2.24) is 14.9 Å². The lowest BCUT2D eigenvalue weighted by molar-refractivity contribution is -0.272. The number of nitrogens with one attached hydrogen (secondary N) is 1. The molecule has 0 unspecified atom stereocenters. The third kappa shape index (κ3) is 6.70. The van der Waals surface area contributed by atoms with Crippen molar-refractivity contribution in [1.29, 1.82) is 0 Å². The number of aryl methyl sites for hydroxylation is 1. The van der Waals surface area contributed by atoms with Crippen LogP contribution in [0.1, 0.15) is 21.7 Å². The summed E-state index contributed by atoms with van der Waals surface area (Å²) in [5, 5.41) is 38.9. The van der Waals surface area contributed by atoms with Crippen molar-refractivity contribution in [3.05, 3.63) is 77.6 Å². The van der Waals surface area contributed by atoms with Gasteiger partial charge < -0.3 is 25.4 Å². The van der Waals surface area contributed by atoms with Gasteiger partial charge in [0.2, 0.25) is 0 Å². The zero-order valence-corrected chi connectivity index (χ0v) is 22.5. The molecule has 1 aliphatic rings. The molecule has 0 saturated carbocycles. The van der Waals surface area contributed by atoms with Gasteiger partial charge in [-0.15, -0.1) is 0 Å². The van der Waals surface area contributed by atoms with Gasteiger partial charge in [0.25, 0.3) is 5.91 Å². The number of fused-ring (bicyclic) bond motifs is 1. The predicted molar refractivity (Wildman–Crippen MR) is 147 cm³/mol. The lowest BCUT2D eigenvalue weighted by Gasteiger charge is -2.38. The van der Waals surface area contributed by atoms with Crippen LogP contribution in [0.3, 0.4) is 0 Å². The first-order valence-electron chi connectivity index (χ1n) is 12.3. The smallest absolute Gasteiger partial charge is 0.478 e. The van der Waals surface area contributed by atoms with Gasteiger partial charge in [-0.1, -0.05) is 48.5 Å². The van der Waals surface area contributed by atoms with E-state index in [9.17, 15) is 33.3 Å². The largest absolute Gasteiger partial charge is 0.490 e. The number of aromatic carboxylic acids is 1. The monoisotopic (exact) mass is 589 g/mol. The van der Waals surface area contributed by atoms with Gasteiger partial charge in [-0.2, -0.15) is 24.9 Å². The second-order valence-corrected chi connectivity index (χ2v) is 10.4. The molecule has 1 aromatic heterocycles. The van der Waals surface area contributed by atoms with Crippen LogP contribution >= 0.6 is 11.8 Å². The molecule has 5 N–H and O–H groups in total. The van der Waals surface area contributed by atoms with Crippen molar-refractivity contribution in [3.8, 4) is 22.3 Å². The Morgan fingerprint density at radius 1 is 0.927 bits per heavy atom. The van der Waals surface area contributed by atoms with Crippen LogP contribution in [0.2, 0.25) is 0 Å². The van der Waals surface area contributed by atoms with Crippen molar-refractivity contribution in [2.24, 2.45) is 0 Å². The Bertz CT molecular complexity index is 1560. The maximum atomic E-state index is 11.8. The predicted octanol–water partition coefficient (Wildman–Crippen LogP) is 4.68. The number of hydrogen-bond acceptors (Lipinski definition) is 7. The van der Waals surface area contributed by atoms with Crippen LogP contribution in [0, 0.1) is 6.92 Å². The first kappa shape index (κ1) is 30.1. The van der Waals surface area contributed by atoms with E-state index >= 15 is 0 Å². The van der Waals surface area contributed by atoms with Crippen LogP contribution in [0.5, 0.6) is 0 Å². The number of H-pyrrole nitrogens is 1. The highest BCUT2D eigenvalue weighted by atomic mass is 32.2. The molecule has 2 heterocycles. The van der Waals surface area contributed by atoms with Crippen LogP contribution in [0.15, 0.2) is 60.7 Å². The minimum absolute atomic E-state index is 0.149. The number of aliphatic carboxylic acids is 1. The van der Waals surface area contributed by atoms with Crippen LogP contribution in [0.25, 0.3) is 33.3 Å². The highest BCUT2D eigenvalue weighted by molar-refractivity contribution is 7.99. The lowest BCUT2D eigenvalue weighted by Crippen LogP contribution is -2.50. The van der Waals surface area contributed by atoms with E-state index in [0.717, 1.165) is 33.8 Å². The number of aromatic amines is 1. The number of benzene rings is 3. The van der Waals surface area contributed by atoms with Crippen LogP contribution in [-0.4, -0.2) is 78.0 Å². The molecule has 9 nitrogen and oxygen atoms in total. The Kier molecular flexibility index (Phi) is 8.73. The first-order chi connectivity index (χ1) is 19.3. The molecule has 41 heavy (non-hydrogen) atoms. The van der Waals surface area contributed by atoms with Gasteiger partial charge in [-0.3, -0.25) is 0 Å². The van der Waals surface area contributed by atoms with E-state index < -0.39 is 24.0 Å². The topological polar surface area (TPSA) is 147 Å². The van der Waals surface area contributed by atoms with Gasteiger partial charge in [-0.25, -0.2) is 19.5 Å². The zero-order valence-electron chi connectivity index (χ0n) is 21.6. The highest BCUT2D eigenvalue weighted by Gasteiger charge is 2.38. The number of aliphatic hydroxyl groups is 2. The highest BCUT2D eigenvalue weighted by Crippen LogP contribution is 2.35. The average Bonchev–Trinajstić information content (AvgIpc) is 3.32. The molecule has 216 valence electrons. The van der Waals surface area contributed by atoms with Crippen molar-refractivity contribution >= 4 is 34.7 Å². The van der Waals surface area contributed by atoms with Gasteiger partial charge in [0.05, 0.1) is 11.1 Å². The van der Waals surface area contributed by atoms with Gasteiger partial charge in [0, 0.05) is 30.2 Å². The van der Waals surface area contributed by atoms with E-state index in [2.05, 4.69) is 9.97 Å². The lowest BCUT2D eigenvalue weighted by atomic mass is 9.94. The minimum atomic E-state index is -5.08. The number of thioether (sulfide) groups is 1. The van der Waals surface area contributed by atoms with E-state index in [1.165, 1.54) is 0 Å². The van der Waals surface area contributed by atoms with Crippen molar-refractivity contribution in [2.45, 2.75) is 19.0 Å². The number of nitrogens with zero attached hydrogens (tertiary/aromatic N) is 2. The Hall–Kier alpha value is -3.91.